The molecule has 0 spiro atoms. The fourth-order valence-electron chi connectivity index (χ4n) is 2.02. The van der Waals surface area contributed by atoms with E-state index >= 15 is 0 Å². The maximum atomic E-state index is 13.9. The molecule has 0 saturated carbocycles. The van der Waals surface area contributed by atoms with Crippen LogP contribution >= 0.6 is 0 Å². The Morgan fingerprint density at radius 3 is 2.44 bits per heavy atom. The Morgan fingerprint density at radius 2 is 1.80 bits per heavy atom. The fourth-order valence-corrected chi connectivity index (χ4v) is 2.02. The van der Waals surface area contributed by atoms with Crippen LogP contribution in [0.3, 0.4) is 0 Å². The highest BCUT2D eigenvalue weighted by Gasteiger charge is 2.15. The number of carbonyl (C=O) groups excluding carboxylic acids is 2. The Labute approximate surface area is 140 Å². The smallest absolute Gasteiger partial charge is 0.277 e. The number of rotatable bonds is 4. The van der Waals surface area contributed by atoms with Crippen LogP contribution in [0, 0.1) is 11.6 Å². The summed E-state index contributed by atoms with van der Waals surface area (Å²) in [5.74, 6) is -2.70. The zero-order chi connectivity index (χ0) is 18.0. The lowest BCUT2D eigenvalue weighted by Gasteiger charge is -2.05. The summed E-state index contributed by atoms with van der Waals surface area (Å²) in [5.41, 5.74) is 5.29. The van der Waals surface area contributed by atoms with Gasteiger partial charge in [0.1, 0.15) is 11.6 Å². The Morgan fingerprint density at radius 1 is 1.08 bits per heavy atom. The van der Waals surface area contributed by atoms with Gasteiger partial charge in [-0.1, -0.05) is 0 Å². The number of hydrogen-bond donors (Lipinski definition) is 2. The maximum Gasteiger partial charge on any atom is 0.277 e. The van der Waals surface area contributed by atoms with E-state index in [0.29, 0.717) is 5.69 Å². The average Bonchev–Trinajstić information content (AvgIpc) is 3.07. The van der Waals surface area contributed by atoms with Gasteiger partial charge in [0.05, 0.1) is 17.6 Å². The lowest BCUT2D eigenvalue weighted by molar-refractivity contribution is 0.0997. The van der Waals surface area contributed by atoms with Crippen molar-refractivity contribution in [2.45, 2.75) is 0 Å². The first-order valence-electron chi connectivity index (χ1n) is 7.03. The van der Waals surface area contributed by atoms with Crippen molar-refractivity contribution in [1.29, 1.82) is 0 Å². The molecular weight excluding hydrogens is 332 g/mol. The summed E-state index contributed by atoms with van der Waals surface area (Å²) in [4.78, 5) is 24.3. The van der Waals surface area contributed by atoms with Crippen LogP contribution in [0.4, 0.5) is 14.5 Å². The summed E-state index contributed by atoms with van der Waals surface area (Å²) >= 11 is 0. The number of aromatic nitrogens is 3. The molecule has 2 aromatic carbocycles. The van der Waals surface area contributed by atoms with Crippen LogP contribution in [0.25, 0.3) is 5.69 Å². The Bertz CT molecular complexity index is 953. The van der Waals surface area contributed by atoms with Crippen molar-refractivity contribution < 1.29 is 18.4 Å². The highest BCUT2D eigenvalue weighted by Crippen LogP contribution is 2.16. The molecule has 0 radical (unpaired) electrons. The lowest BCUT2D eigenvalue weighted by Crippen LogP contribution is -2.15. The number of nitrogens with zero attached hydrogens (tertiary/aromatic N) is 3. The van der Waals surface area contributed by atoms with Crippen molar-refractivity contribution in [2.24, 2.45) is 5.73 Å². The van der Waals surface area contributed by atoms with E-state index in [2.05, 4.69) is 15.5 Å². The minimum absolute atomic E-state index is 0.0160. The molecule has 7 nitrogen and oxygen atoms in total. The summed E-state index contributed by atoms with van der Waals surface area (Å²) < 4.78 is 26.8. The number of amides is 2. The zero-order valence-electron chi connectivity index (χ0n) is 12.6. The lowest BCUT2D eigenvalue weighted by atomic mass is 10.2. The summed E-state index contributed by atoms with van der Waals surface area (Å²) in [6.45, 7) is 0. The molecule has 0 atom stereocenters. The number of halogens is 2. The number of anilines is 1. The van der Waals surface area contributed by atoms with E-state index in [1.807, 2.05) is 0 Å². The molecule has 0 fully saturated rings. The van der Waals surface area contributed by atoms with Crippen LogP contribution in [0.5, 0.6) is 0 Å². The molecule has 9 heteroatoms. The Kier molecular flexibility index (Phi) is 4.21. The summed E-state index contributed by atoms with van der Waals surface area (Å²) in [5, 5.41) is 10.2. The largest absolute Gasteiger partial charge is 0.366 e. The second kappa shape index (κ2) is 6.48. The Hall–Kier alpha value is -3.62. The van der Waals surface area contributed by atoms with Gasteiger partial charge in [0, 0.05) is 5.56 Å². The van der Waals surface area contributed by atoms with Crippen LogP contribution in [0.2, 0.25) is 0 Å². The number of benzene rings is 2. The molecule has 0 aliphatic heterocycles. The van der Waals surface area contributed by atoms with Crippen molar-refractivity contribution in [1.82, 2.24) is 15.0 Å². The quantitative estimate of drug-likeness (QED) is 0.755. The van der Waals surface area contributed by atoms with E-state index in [1.165, 1.54) is 42.6 Å². The van der Waals surface area contributed by atoms with Gasteiger partial charge in [-0.15, -0.1) is 5.10 Å². The number of nitrogens with two attached hydrogens (primary N) is 1. The summed E-state index contributed by atoms with van der Waals surface area (Å²) in [6.07, 6.45) is 1.19. The number of nitrogens with one attached hydrogen (secondary N) is 1. The minimum atomic E-state index is -0.810. The van der Waals surface area contributed by atoms with Crippen molar-refractivity contribution in [3.63, 3.8) is 0 Å². The highest BCUT2D eigenvalue weighted by atomic mass is 19.1. The SMILES string of the molecule is NC(=O)c1ccc(NC(=O)c2cnn(-c3ccc(F)cc3)n2)c(F)c1. The van der Waals surface area contributed by atoms with Crippen LogP contribution in [-0.2, 0) is 0 Å². The molecule has 1 heterocycles. The van der Waals surface area contributed by atoms with Crippen molar-refractivity contribution in [3.8, 4) is 5.69 Å². The molecule has 3 rings (SSSR count). The van der Waals surface area contributed by atoms with Gasteiger partial charge in [-0.25, -0.2) is 8.78 Å². The van der Waals surface area contributed by atoms with Gasteiger partial charge in [0.15, 0.2) is 5.69 Å². The molecule has 0 bridgehead atoms. The number of carbonyl (C=O) groups is 2. The third-order valence-corrected chi connectivity index (χ3v) is 3.28. The standard InChI is InChI=1S/C16H11F2N5O2/c17-10-2-4-11(5-3-10)23-20-8-14(22-23)16(25)21-13-6-1-9(15(19)24)7-12(13)18/h1-8H,(H2,19,24)(H,21,25). The fraction of sp³-hybridized carbons (Fsp3) is 0. The van der Waals surface area contributed by atoms with Crippen LogP contribution < -0.4 is 11.1 Å². The molecule has 2 amide bonds. The average molecular weight is 343 g/mol. The van der Waals surface area contributed by atoms with Crippen molar-refractivity contribution in [2.75, 3.05) is 5.32 Å². The van der Waals surface area contributed by atoms with Crippen molar-refractivity contribution in [3.05, 3.63) is 71.6 Å². The second-order valence-electron chi connectivity index (χ2n) is 5.01. The molecule has 3 N–H and O–H groups in total. The molecule has 3 aromatic rings. The van der Waals surface area contributed by atoms with Gasteiger partial charge in [-0.2, -0.15) is 9.90 Å². The zero-order valence-corrected chi connectivity index (χ0v) is 12.6. The molecule has 0 aliphatic carbocycles. The second-order valence-corrected chi connectivity index (χ2v) is 5.01. The van der Waals surface area contributed by atoms with Crippen LogP contribution in [0.1, 0.15) is 20.8 Å². The van der Waals surface area contributed by atoms with E-state index in [0.717, 1.165) is 10.9 Å². The van der Waals surface area contributed by atoms with E-state index in [4.69, 9.17) is 5.73 Å². The molecule has 1 aromatic heterocycles. The van der Waals surface area contributed by atoms with E-state index in [1.54, 1.807) is 0 Å². The van der Waals surface area contributed by atoms with E-state index in [-0.39, 0.29) is 16.9 Å². The van der Waals surface area contributed by atoms with Gasteiger partial charge >= 0.3 is 0 Å². The normalized spacial score (nSPS) is 10.5. The summed E-state index contributed by atoms with van der Waals surface area (Å²) in [7, 11) is 0. The first-order valence-corrected chi connectivity index (χ1v) is 7.03. The highest BCUT2D eigenvalue weighted by molar-refractivity contribution is 6.03. The number of primary amides is 1. The predicted octanol–water partition coefficient (Wildman–Crippen LogP) is 1.90. The van der Waals surface area contributed by atoms with Gasteiger partial charge < -0.3 is 11.1 Å². The molecule has 0 saturated heterocycles. The van der Waals surface area contributed by atoms with Gasteiger partial charge in [0.25, 0.3) is 5.91 Å². The van der Waals surface area contributed by atoms with E-state index < -0.39 is 23.4 Å². The third kappa shape index (κ3) is 3.50. The van der Waals surface area contributed by atoms with Crippen LogP contribution in [0.15, 0.2) is 48.7 Å². The maximum absolute atomic E-state index is 13.9. The van der Waals surface area contributed by atoms with Gasteiger partial charge in [-0.05, 0) is 42.5 Å². The minimum Gasteiger partial charge on any atom is -0.366 e. The van der Waals surface area contributed by atoms with Gasteiger partial charge in [0.2, 0.25) is 5.91 Å². The number of hydrogen-bond acceptors (Lipinski definition) is 4. The third-order valence-electron chi connectivity index (χ3n) is 3.28. The molecule has 0 unspecified atom stereocenters. The van der Waals surface area contributed by atoms with E-state index in [9.17, 15) is 18.4 Å². The molecular formula is C16H11F2N5O2. The predicted molar refractivity (Wildman–Crippen MR) is 84.2 cm³/mol. The van der Waals surface area contributed by atoms with Crippen molar-refractivity contribution >= 4 is 17.5 Å². The summed E-state index contributed by atoms with van der Waals surface area (Å²) in [6, 6.07) is 8.78. The van der Waals surface area contributed by atoms with Gasteiger partial charge in [-0.3, -0.25) is 9.59 Å². The first-order chi connectivity index (χ1) is 11.9. The van der Waals surface area contributed by atoms with Crippen LogP contribution in [-0.4, -0.2) is 26.8 Å². The molecule has 126 valence electrons. The molecule has 25 heavy (non-hydrogen) atoms. The topological polar surface area (TPSA) is 103 Å². The Balaban J connectivity index is 1.78. The monoisotopic (exact) mass is 343 g/mol. The molecule has 0 aliphatic rings. The first kappa shape index (κ1) is 16.2.